The quantitative estimate of drug-likeness (QED) is 0.729. The van der Waals surface area contributed by atoms with Gasteiger partial charge in [0.2, 0.25) is 0 Å². The van der Waals surface area contributed by atoms with E-state index in [0.29, 0.717) is 5.15 Å². The van der Waals surface area contributed by atoms with Crippen LogP contribution in [0.25, 0.3) is 0 Å². The zero-order valence-corrected chi connectivity index (χ0v) is 11.4. The van der Waals surface area contributed by atoms with Crippen LogP contribution >= 0.6 is 11.6 Å². The van der Waals surface area contributed by atoms with Gasteiger partial charge in [0.1, 0.15) is 16.8 Å². The molecule has 0 saturated heterocycles. The molecule has 1 aromatic rings. The highest BCUT2D eigenvalue weighted by Crippen LogP contribution is 2.31. The third-order valence-electron chi connectivity index (χ3n) is 3.04. The van der Waals surface area contributed by atoms with Crippen LogP contribution in [0.1, 0.15) is 38.9 Å². The Morgan fingerprint density at radius 3 is 2.71 bits per heavy atom. The van der Waals surface area contributed by atoms with Gasteiger partial charge in [0.15, 0.2) is 0 Å². The molecule has 0 aliphatic heterocycles. The topological polar surface area (TPSA) is 29.0 Å². The van der Waals surface area contributed by atoms with Crippen LogP contribution in [0.3, 0.4) is 0 Å². The van der Waals surface area contributed by atoms with Gasteiger partial charge in [-0.25, -0.2) is 9.97 Å². The Morgan fingerprint density at radius 2 is 2.12 bits per heavy atom. The molecule has 0 unspecified atom stereocenters. The fourth-order valence-corrected chi connectivity index (χ4v) is 2.15. The molecule has 0 bridgehead atoms. The molecule has 1 heterocycles. The van der Waals surface area contributed by atoms with E-state index in [1.54, 1.807) is 0 Å². The summed E-state index contributed by atoms with van der Waals surface area (Å²) in [5.41, 5.74) is 0. The van der Waals surface area contributed by atoms with E-state index in [9.17, 15) is 0 Å². The summed E-state index contributed by atoms with van der Waals surface area (Å²) in [5, 5.41) is 0.559. The number of rotatable bonds is 6. The van der Waals surface area contributed by atoms with E-state index in [1.807, 2.05) is 6.07 Å². The van der Waals surface area contributed by atoms with E-state index in [0.717, 1.165) is 43.5 Å². The standard InChI is InChI=1S/C13H20ClN3/c1-3-7-17(9-10-5-6-10)13-8-11(14)15-12(4-2)16-13/h8,10H,3-7,9H2,1-2H3. The lowest BCUT2D eigenvalue weighted by atomic mass is 10.3. The van der Waals surface area contributed by atoms with E-state index in [4.69, 9.17) is 11.6 Å². The van der Waals surface area contributed by atoms with Crippen molar-refractivity contribution in [3.63, 3.8) is 0 Å². The van der Waals surface area contributed by atoms with E-state index in [2.05, 4.69) is 28.7 Å². The van der Waals surface area contributed by atoms with E-state index >= 15 is 0 Å². The van der Waals surface area contributed by atoms with Gasteiger partial charge in [-0.15, -0.1) is 0 Å². The maximum atomic E-state index is 6.05. The van der Waals surface area contributed by atoms with Crippen molar-refractivity contribution in [3.8, 4) is 0 Å². The molecule has 2 rings (SSSR count). The Labute approximate surface area is 108 Å². The number of nitrogens with zero attached hydrogens (tertiary/aromatic N) is 3. The van der Waals surface area contributed by atoms with Crippen LogP contribution in [0.2, 0.25) is 5.15 Å². The zero-order chi connectivity index (χ0) is 12.3. The van der Waals surface area contributed by atoms with Crippen molar-refractivity contribution < 1.29 is 0 Å². The van der Waals surface area contributed by atoms with Crippen LogP contribution in [0.4, 0.5) is 5.82 Å². The van der Waals surface area contributed by atoms with Crippen LogP contribution in [-0.2, 0) is 6.42 Å². The van der Waals surface area contributed by atoms with Gasteiger partial charge >= 0.3 is 0 Å². The average molecular weight is 254 g/mol. The molecule has 0 spiro atoms. The molecule has 17 heavy (non-hydrogen) atoms. The lowest BCUT2D eigenvalue weighted by Gasteiger charge is -2.23. The number of aromatic nitrogens is 2. The number of hydrogen-bond acceptors (Lipinski definition) is 3. The molecule has 4 heteroatoms. The lowest BCUT2D eigenvalue weighted by Crippen LogP contribution is -2.27. The first-order chi connectivity index (χ1) is 8.22. The van der Waals surface area contributed by atoms with Gasteiger partial charge in [0.25, 0.3) is 0 Å². The summed E-state index contributed by atoms with van der Waals surface area (Å²) < 4.78 is 0. The monoisotopic (exact) mass is 253 g/mol. The highest BCUT2D eigenvalue weighted by molar-refractivity contribution is 6.29. The third-order valence-corrected chi connectivity index (χ3v) is 3.23. The first-order valence-electron chi connectivity index (χ1n) is 6.51. The third kappa shape index (κ3) is 3.56. The molecular weight excluding hydrogens is 234 g/mol. The summed E-state index contributed by atoms with van der Waals surface area (Å²) in [5.74, 6) is 2.69. The number of hydrogen-bond donors (Lipinski definition) is 0. The van der Waals surface area contributed by atoms with Gasteiger partial charge in [0.05, 0.1) is 0 Å². The minimum Gasteiger partial charge on any atom is -0.356 e. The molecule has 0 N–H and O–H groups in total. The highest BCUT2D eigenvalue weighted by Gasteiger charge is 2.25. The molecule has 1 aliphatic rings. The maximum Gasteiger partial charge on any atom is 0.134 e. The van der Waals surface area contributed by atoms with Gasteiger partial charge < -0.3 is 4.90 Å². The second kappa shape index (κ2) is 5.67. The van der Waals surface area contributed by atoms with Gasteiger partial charge in [-0.3, -0.25) is 0 Å². The van der Waals surface area contributed by atoms with Crippen LogP contribution in [0, 0.1) is 5.92 Å². The van der Waals surface area contributed by atoms with Crippen molar-refractivity contribution in [2.45, 2.75) is 39.5 Å². The van der Waals surface area contributed by atoms with E-state index in [1.165, 1.54) is 12.8 Å². The fourth-order valence-electron chi connectivity index (χ4n) is 1.95. The van der Waals surface area contributed by atoms with Gasteiger partial charge in [-0.1, -0.05) is 25.4 Å². The second-order valence-electron chi connectivity index (χ2n) is 4.71. The predicted molar refractivity (Wildman–Crippen MR) is 71.6 cm³/mol. The molecule has 0 atom stereocenters. The van der Waals surface area contributed by atoms with Crippen LogP contribution in [0.15, 0.2) is 6.07 Å². The SMILES string of the molecule is CCCN(CC1CC1)c1cc(Cl)nc(CC)n1. The molecule has 0 amide bonds. The molecule has 0 aromatic carbocycles. The summed E-state index contributed by atoms with van der Waals surface area (Å²) >= 11 is 6.05. The van der Waals surface area contributed by atoms with E-state index < -0.39 is 0 Å². The Kier molecular flexibility index (Phi) is 4.21. The number of aryl methyl sites for hydroxylation is 1. The van der Waals surface area contributed by atoms with Crippen LogP contribution in [0.5, 0.6) is 0 Å². The van der Waals surface area contributed by atoms with E-state index in [-0.39, 0.29) is 0 Å². The summed E-state index contributed by atoms with van der Waals surface area (Å²) in [7, 11) is 0. The Hall–Kier alpha value is -0.830. The first kappa shape index (κ1) is 12.6. The largest absolute Gasteiger partial charge is 0.356 e. The van der Waals surface area contributed by atoms with Crippen molar-refractivity contribution in [2.75, 3.05) is 18.0 Å². The molecular formula is C13H20ClN3. The molecule has 94 valence electrons. The van der Waals surface area contributed by atoms with Crippen molar-refractivity contribution in [1.29, 1.82) is 0 Å². The second-order valence-corrected chi connectivity index (χ2v) is 5.10. The minimum absolute atomic E-state index is 0.559. The molecule has 0 radical (unpaired) electrons. The molecule has 3 nitrogen and oxygen atoms in total. The van der Waals surface area contributed by atoms with Crippen molar-refractivity contribution in [3.05, 3.63) is 17.0 Å². The molecule has 1 aliphatic carbocycles. The van der Waals surface area contributed by atoms with Gasteiger partial charge in [-0.05, 0) is 25.2 Å². The van der Waals surface area contributed by atoms with Crippen LogP contribution < -0.4 is 4.90 Å². The molecule has 1 saturated carbocycles. The highest BCUT2D eigenvalue weighted by atomic mass is 35.5. The minimum atomic E-state index is 0.559. The predicted octanol–water partition coefficient (Wildman–Crippen LogP) is 3.32. The molecule has 1 aromatic heterocycles. The lowest BCUT2D eigenvalue weighted by molar-refractivity contribution is 0.694. The normalized spacial score (nSPS) is 15.0. The maximum absolute atomic E-state index is 6.05. The fraction of sp³-hybridized carbons (Fsp3) is 0.692. The first-order valence-corrected chi connectivity index (χ1v) is 6.89. The summed E-state index contributed by atoms with van der Waals surface area (Å²) in [4.78, 5) is 11.2. The Morgan fingerprint density at radius 1 is 1.35 bits per heavy atom. The summed E-state index contributed by atoms with van der Waals surface area (Å²) in [6, 6.07) is 1.89. The zero-order valence-electron chi connectivity index (χ0n) is 10.6. The van der Waals surface area contributed by atoms with Crippen molar-refractivity contribution in [1.82, 2.24) is 9.97 Å². The average Bonchev–Trinajstić information content (AvgIpc) is 3.11. The Bertz CT molecular complexity index is 377. The summed E-state index contributed by atoms with van der Waals surface area (Å²) in [6.45, 7) is 6.42. The van der Waals surface area contributed by atoms with Gasteiger partial charge in [-0.2, -0.15) is 0 Å². The smallest absolute Gasteiger partial charge is 0.134 e. The summed E-state index contributed by atoms with van der Waals surface area (Å²) in [6.07, 6.45) is 4.69. The number of halogens is 1. The van der Waals surface area contributed by atoms with Gasteiger partial charge in [0, 0.05) is 25.6 Å². The molecule has 1 fully saturated rings. The van der Waals surface area contributed by atoms with Crippen LogP contribution in [-0.4, -0.2) is 23.1 Å². The number of anilines is 1. The van der Waals surface area contributed by atoms with Crippen molar-refractivity contribution >= 4 is 17.4 Å². The Balaban J connectivity index is 2.17. The van der Waals surface area contributed by atoms with Crippen molar-refractivity contribution in [2.24, 2.45) is 5.92 Å².